The minimum atomic E-state index is 0.00855. The molecule has 0 fully saturated rings. The van der Waals surface area contributed by atoms with Crippen molar-refractivity contribution >= 4 is 39.2 Å². The molecule has 2 aromatic carbocycles. The highest BCUT2D eigenvalue weighted by atomic mass is 32.2. The van der Waals surface area contributed by atoms with Crippen molar-refractivity contribution in [2.45, 2.75) is 16.6 Å². The summed E-state index contributed by atoms with van der Waals surface area (Å²) in [6.07, 6.45) is 3.71. The molecule has 0 saturated heterocycles. The second kappa shape index (κ2) is 8.16. The number of fused-ring (bicyclic) bond motifs is 1. The van der Waals surface area contributed by atoms with E-state index in [-0.39, 0.29) is 5.91 Å². The summed E-state index contributed by atoms with van der Waals surface area (Å²) in [5.41, 5.74) is 3.94. The fourth-order valence-electron chi connectivity index (χ4n) is 2.92. The molecular weight excluding hydrogens is 388 g/mol. The van der Waals surface area contributed by atoms with Crippen molar-refractivity contribution in [1.82, 2.24) is 19.7 Å². The number of amides is 1. The molecule has 4 rings (SSSR count). The Hall–Kier alpha value is -2.64. The Morgan fingerprint density at radius 3 is 2.64 bits per heavy atom. The third-order valence-corrected chi connectivity index (χ3v) is 6.61. The molecule has 1 amide bonds. The van der Waals surface area contributed by atoms with Crippen LogP contribution in [0.25, 0.3) is 10.2 Å². The average Bonchev–Trinajstić information content (AvgIpc) is 3.31. The van der Waals surface area contributed by atoms with Crippen LogP contribution < -0.4 is 0 Å². The Labute approximate surface area is 172 Å². The third-order valence-electron chi connectivity index (χ3n) is 4.36. The predicted molar refractivity (Wildman–Crippen MR) is 115 cm³/mol. The molecule has 4 aromatic rings. The fourth-order valence-corrected chi connectivity index (χ4v) is 4.95. The highest BCUT2D eigenvalue weighted by molar-refractivity contribution is 8.00. The molecule has 2 aromatic heterocycles. The Morgan fingerprint density at radius 1 is 1.14 bits per heavy atom. The van der Waals surface area contributed by atoms with Gasteiger partial charge in [0.2, 0.25) is 0 Å². The zero-order valence-electron chi connectivity index (χ0n) is 15.7. The molecule has 0 atom stereocenters. The molecule has 0 bridgehead atoms. The number of nitrogens with zero attached hydrogens (tertiary/aromatic N) is 4. The Bertz CT molecular complexity index is 1070. The lowest BCUT2D eigenvalue weighted by molar-refractivity contribution is 0.0785. The highest BCUT2D eigenvalue weighted by Crippen LogP contribution is 2.31. The van der Waals surface area contributed by atoms with E-state index in [1.54, 1.807) is 38.9 Å². The molecule has 0 radical (unpaired) electrons. The number of rotatable bonds is 6. The molecule has 28 heavy (non-hydrogen) atoms. The highest BCUT2D eigenvalue weighted by Gasteiger charge is 2.13. The van der Waals surface area contributed by atoms with Crippen LogP contribution in [0.3, 0.4) is 0 Å². The SMILES string of the molecule is CN(Cc1cnn(C)c1)C(=O)c1ccc(CSc2nc3ccccc3s2)cc1. The van der Waals surface area contributed by atoms with Crippen LogP contribution >= 0.6 is 23.1 Å². The van der Waals surface area contributed by atoms with E-state index in [0.29, 0.717) is 12.1 Å². The van der Waals surface area contributed by atoms with Gasteiger partial charge >= 0.3 is 0 Å². The van der Waals surface area contributed by atoms with Crippen molar-refractivity contribution in [3.05, 3.63) is 77.6 Å². The number of aryl methyl sites for hydroxylation is 1. The first-order valence-electron chi connectivity index (χ1n) is 8.89. The van der Waals surface area contributed by atoms with E-state index in [4.69, 9.17) is 0 Å². The average molecular weight is 409 g/mol. The summed E-state index contributed by atoms with van der Waals surface area (Å²) in [6.45, 7) is 0.544. The van der Waals surface area contributed by atoms with Crippen LogP contribution in [-0.4, -0.2) is 32.6 Å². The van der Waals surface area contributed by atoms with Crippen molar-refractivity contribution in [2.24, 2.45) is 7.05 Å². The van der Waals surface area contributed by atoms with Gasteiger partial charge in [0.15, 0.2) is 4.34 Å². The third kappa shape index (κ3) is 4.26. The van der Waals surface area contributed by atoms with E-state index >= 15 is 0 Å². The smallest absolute Gasteiger partial charge is 0.253 e. The summed E-state index contributed by atoms with van der Waals surface area (Å²) in [4.78, 5) is 19.0. The second-order valence-electron chi connectivity index (χ2n) is 6.62. The van der Waals surface area contributed by atoms with Gasteiger partial charge in [0.1, 0.15) is 0 Å². The summed E-state index contributed by atoms with van der Waals surface area (Å²) >= 11 is 3.44. The van der Waals surface area contributed by atoms with Gasteiger partial charge in [-0.1, -0.05) is 36.0 Å². The molecule has 0 aliphatic carbocycles. The maximum atomic E-state index is 12.6. The van der Waals surface area contributed by atoms with Crippen molar-refractivity contribution in [3.63, 3.8) is 0 Å². The van der Waals surface area contributed by atoms with E-state index in [0.717, 1.165) is 21.2 Å². The van der Waals surface area contributed by atoms with Crippen LogP contribution in [0.1, 0.15) is 21.5 Å². The van der Waals surface area contributed by atoms with Gasteiger partial charge in [0, 0.05) is 43.7 Å². The first-order chi connectivity index (χ1) is 13.6. The maximum absolute atomic E-state index is 12.6. The van der Waals surface area contributed by atoms with E-state index in [1.165, 1.54) is 10.3 Å². The first kappa shape index (κ1) is 18.7. The number of para-hydroxylation sites is 1. The van der Waals surface area contributed by atoms with E-state index in [1.807, 2.05) is 62.8 Å². The summed E-state index contributed by atoms with van der Waals surface area (Å²) in [5.74, 6) is 0.842. The van der Waals surface area contributed by atoms with Crippen LogP contribution in [0.2, 0.25) is 0 Å². The summed E-state index contributed by atoms with van der Waals surface area (Å²) < 4.78 is 4.02. The lowest BCUT2D eigenvalue weighted by Crippen LogP contribution is -2.26. The first-order valence-corrected chi connectivity index (χ1v) is 10.7. The molecule has 0 unspecified atom stereocenters. The standard InChI is InChI=1S/C21H20N4OS2/c1-24(12-16-11-22-25(2)13-16)20(26)17-9-7-15(8-10-17)14-27-21-23-18-5-3-4-6-19(18)28-21/h3-11,13H,12,14H2,1-2H3. The maximum Gasteiger partial charge on any atom is 0.253 e. The van der Waals surface area contributed by atoms with Gasteiger partial charge < -0.3 is 4.90 Å². The fraction of sp³-hybridized carbons (Fsp3) is 0.190. The monoisotopic (exact) mass is 408 g/mol. The molecule has 5 nitrogen and oxygen atoms in total. The second-order valence-corrected chi connectivity index (χ2v) is 8.87. The van der Waals surface area contributed by atoms with E-state index < -0.39 is 0 Å². The van der Waals surface area contributed by atoms with Gasteiger partial charge in [-0.15, -0.1) is 11.3 Å². The topological polar surface area (TPSA) is 51.0 Å². The van der Waals surface area contributed by atoms with E-state index in [2.05, 4.69) is 16.1 Å². The molecule has 2 heterocycles. The van der Waals surface area contributed by atoms with Crippen LogP contribution in [0.15, 0.2) is 65.3 Å². The molecule has 142 valence electrons. The Morgan fingerprint density at radius 2 is 1.93 bits per heavy atom. The van der Waals surface area contributed by atoms with Gasteiger partial charge in [-0.05, 0) is 29.8 Å². The lowest BCUT2D eigenvalue weighted by atomic mass is 10.1. The predicted octanol–water partition coefficient (Wildman–Crippen LogP) is 4.59. The summed E-state index contributed by atoms with van der Waals surface area (Å²) in [7, 11) is 3.68. The molecule has 0 aliphatic heterocycles. The molecule has 0 spiro atoms. The van der Waals surface area contributed by atoms with Crippen molar-refractivity contribution in [3.8, 4) is 0 Å². The number of hydrogen-bond acceptors (Lipinski definition) is 5. The largest absolute Gasteiger partial charge is 0.337 e. The Balaban J connectivity index is 1.36. The molecule has 0 aliphatic rings. The number of thioether (sulfide) groups is 1. The van der Waals surface area contributed by atoms with Crippen molar-refractivity contribution < 1.29 is 4.79 Å². The van der Waals surface area contributed by atoms with Crippen LogP contribution in [0.5, 0.6) is 0 Å². The van der Waals surface area contributed by atoms with E-state index in [9.17, 15) is 4.79 Å². The zero-order valence-corrected chi connectivity index (χ0v) is 17.3. The number of benzene rings is 2. The summed E-state index contributed by atoms with van der Waals surface area (Å²) in [5, 5.41) is 4.14. The summed E-state index contributed by atoms with van der Waals surface area (Å²) in [6, 6.07) is 16.0. The van der Waals surface area contributed by atoms with Gasteiger partial charge in [0.25, 0.3) is 5.91 Å². The zero-order chi connectivity index (χ0) is 19.5. The molecule has 0 N–H and O–H groups in total. The lowest BCUT2D eigenvalue weighted by Gasteiger charge is -2.16. The molecule has 0 saturated carbocycles. The number of aromatic nitrogens is 3. The number of thiazole rings is 1. The quantitative estimate of drug-likeness (QED) is 0.438. The molecular formula is C21H20N4OS2. The van der Waals surface area contributed by atoms with Crippen LogP contribution in [0, 0.1) is 0 Å². The minimum Gasteiger partial charge on any atom is -0.337 e. The normalized spacial score (nSPS) is 11.1. The van der Waals surface area contributed by atoms with Gasteiger partial charge in [-0.3, -0.25) is 9.48 Å². The number of carbonyl (C=O) groups is 1. The number of hydrogen-bond donors (Lipinski definition) is 0. The molecule has 7 heteroatoms. The van der Waals surface area contributed by atoms with Crippen LogP contribution in [0.4, 0.5) is 0 Å². The van der Waals surface area contributed by atoms with Gasteiger partial charge in [0.05, 0.1) is 16.4 Å². The van der Waals surface area contributed by atoms with Gasteiger partial charge in [-0.25, -0.2) is 4.98 Å². The minimum absolute atomic E-state index is 0.00855. The van der Waals surface area contributed by atoms with Crippen LogP contribution in [-0.2, 0) is 19.3 Å². The van der Waals surface area contributed by atoms with Crippen molar-refractivity contribution in [2.75, 3.05) is 7.05 Å². The number of carbonyl (C=O) groups excluding carboxylic acids is 1. The van der Waals surface area contributed by atoms with Gasteiger partial charge in [-0.2, -0.15) is 5.10 Å². The Kier molecular flexibility index (Phi) is 5.45. The van der Waals surface area contributed by atoms with Crippen molar-refractivity contribution in [1.29, 1.82) is 0 Å².